The summed E-state index contributed by atoms with van der Waals surface area (Å²) in [5.41, 5.74) is 1.10. The van der Waals surface area contributed by atoms with E-state index < -0.39 is 0 Å². The van der Waals surface area contributed by atoms with Gasteiger partial charge in [-0.15, -0.1) is 0 Å². The summed E-state index contributed by atoms with van der Waals surface area (Å²) in [6.07, 6.45) is 5.99. The van der Waals surface area contributed by atoms with E-state index in [0.29, 0.717) is 12.1 Å². The molecule has 2 rings (SSSR count). The van der Waals surface area contributed by atoms with E-state index in [1.807, 2.05) is 6.20 Å². The molecule has 4 nitrogen and oxygen atoms in total. The summed E-state index contributed by atoms with van der Waals surface area (Å²) in [5.74, 6) is 0. The topological polar surface area (TPSA) is 49.9 Å². The van der Waals surface area contributed by atoms with E-state index in [4.69, 9.17) is 4.74 Å². The van der Waals surface area contributed by atoms with Crippen molar-refractivity contribution < 1.29 is 4.74 Å². The van der Waals surface area contributed by atoms with Gasteiger partial charge in [-0.1, -0.05) is 13.8 Å². The van der Waals surface area contributed by atoms with Gasteiger partial charge < -0.3 is 15.0 Å². The molecule has 1 fully saturated rings. The molecule has 4 heteroatoms. The van der Waals surface area contributed by atoms with Crippen molar-refractivity contribution in [1.29, 1.82) is 0 Å². The Morgan fingerprint density at radius 2 is 2.40 bits per heavy atom. The van der Waals surface area contributed by atoms with Crippen LogP contribution in [0.5, 0.6) is 0 Å². The van der Waals surface area contributed by atoms with Gasteiger partial charge in [0.05, 0.1) is 30.9 Å². The van der Waals surface area contributed by atoms with Crippen molar-refractivity contribution in [1.82, 2.24) is 15.3 Å². The zero-order valence-electron chi connectivity index (χ0n) is 9.36. The molecule has 15 heavy (non-hydrogen) atoms. The Hall–Kier alpha value is -0.870. The van der Waals surface area contributed by atoms with Crippen LogP contribution in [0.3, 0.4) is 0 Å². The molecule has 1 aliphatic rings. The maximum Gasteiger partial charge on any atom is 0.0989 e. The lowest BCUT2D eigenvalue weighted by Gasteiger charge is -2.30. The first-order chi connectivity index (χ1) is 7.25. The zero-order chi connectivity index (χ0) is 10.7. The number of hydrogen-bond acceptors (Lipinski definition) is 3. The molecule has 0 unspecified atom stereocenters. The summed E-state index contributed by atoms with van der Waals surface area (Å²) in [6, 6.07) is 1.03. The van der Waals surface area contributed by atoms with E-state index >= 15 is 0 Å². The Labute approximate surface area is 90.4 Å². The van der Waals surface area contributed by atoms with Gasteiger partial charge in [-0.25, -0.2) is 4.98 Å². The number of aromatic nitrogens is 2. The third-order valence-electron chi connectivity index (χ3n) is 2.71. The van der Waals surface area contributed by atoms with Crippen LogP contribution >= 0.6 is 0 Å². The van der Waals surface area contributed by atoms with Crippen molar-refractivity contribution in [2.75, 3.05) is 6.61 Å². The molecule has 1 aromatic rings. The van der Waals surface area contributed by atoms with E-state index in [2.05, 4.69) is 29.1 Å². The van der Waals surface area contributed by atoms with Crippen LogP contribution in [-0.4, -0.2) is 28.7 Å². The molecular formula is C11H19N3O. The molecule has 0 saturated carbocycles. The van der Waals surface area contributed by atoms with Crippen molar-refractivity contribution >= 4 is 0 Å². The van der Waals surface area contributed by atoms with Crippen molar-refractivity contribution in [3.63, 3.8) is 0 Å². The molecule has 2 heterocycles. The molecule has 0 radical (unpaired) electrons. The van der Waals surface area contributed by atoms with Gasteiger partial charge in [-0.05, 0) is 12.8 Å². The Bertz CT molecular complexity index is 276. The normalized spacial score (nSPS) is 27.1. The lowest BCUT2D eigenvalue weighted by molar-refractivity contribution is -0.00772. The fourth-order valence-electron chi connectivity index (χ4n) is 2.04. The van der Waals surface area contributed by atoms with E-state index in [1.165, 1.54) is 6.42 Å². The molecule has 1 aromatic heterocycles. The summed E-state index contributed by atoms with van der Waals surface area (Å²) in [6.45, 7) is 5.13. The lowest BCUT2D eigenvalue weighted by atomic mass is 10.0. The molecule has 0 aliphatic carbocycles. The maximum atomic E-state index is 5.80. The Kier molecular flexibility index (Phi) is 3.38. The first kappa shape index (κ1) is 10.6. The summed E-state index contributed by atoms with van der Waals surface area (Å²) in [5, 5.41) is 3.50. The highest BCUT2D eigenvalue weighted by molar-refractivity contribution is 5.01. The monoisotopic (exact) mass is 209 g/mol. The Morgan fingerprint density at radius 3 is 2.93 bits per heavy atom. The number of rotatable bonds is 3. The number of imidazole rings is 1. The smallest absolute Gasteiger partial charge is 0.0989 e. The number of hydrogen-bond donors (Lipinski definition) is 2. The van der Waals surface area contributed by atoms with Crippen molar-refractivity contribution in [2.45, 2.75) is 44.9 Å². The van der Waals surface area contributed by atoms with E-state index in [9.17, 15) is 0 Å². The second kappa shape index (κ2) is 4.77. The van der Waals surface area contributed by atoms with Crippen LogP contribution in [0.1, 0.15) is 38.5 Å². The van der Waals surface area contributed by atoms with Crippen molar-refractivity contribution in [2.24, 2.45) is 0 Å². The fraction of sp³-hybridized carbons (Fsp3) is 0.727. The second-order valence-electron chi connectivity index (χ2n) is 4.42. The van der Waals surface area contributed by atoms with Gasteiger partial charge in [0.25, 0.3) is 0 Å². The molecule has 0 amide bonds. The van der Waals surface area contributed by atoms with Gasteiger partial charge >= 0.3 is 0 Å². The molecular weight excluding hydrogens is 190 g/mol. The third-order valence-corrected chi connectivity index (χ3v) is 2.71. The van der Waals surface area contributed by atoms with Gasteiger partial charge in [0.15, 0.2) is 0 Å². The molecule has 0 spiro atoms. The second-order valence-corrected chi connectivity index (χ2v) is 4.42. The predicted octanol–water partition coefficient (Wildman–Crippen LogP) is 1.63. The lowest BCUT2D eigenvalue weighted by Crippen LogP contribution is -2.41. The van der Waals surface area contributed by atoms with Crippen LogP contribution in [0.25, 0.3) is 0 Å². The minimum Gasteiger partial charge on any atom is -0.370 e. The average Bonchev–Trinajstić information content (AvgIpc) is 2.71. The fourth-order valence-corrected chi connectivity index (χ4v) is 2.04. The number of H-pyrrole nitrogens is 1. The molecule has 84 valence electrons. The van der Waals surface area contributed by atoms with E-state index in [1.54, 1.807) is 6.33 Å². The Morgan fingerprint density at radius 1 is 1.53 bits per heavy atom. The summed E-state index contributed by atoms with van der Waals surface area (Å²) < 4.78 is 5.80. The van der Waals surface area contributed by atoms with Gasteiger partial charge in [0.1, 0.15) is 0 Å². The standard InChI is InChI=1S/C11H19N3O/c1-8(2)14-9-3-4-11(15-6-9)10-5-12-7-13-10/h5,7-9,11,14H,3-4,6H2,1-2H3,(H,12,13)/t9-,11-/m0/s1. The summed E-state index contributed by atoms with van der Waals surface area (Å²) in [4.78, 5) is 7.12. The largest absolute Gasteiger partial charge is 0.370 e. The van der Waals surface area contributed by atoms with Crippen LogP contribution in [0.15, 0.2) is 12.5 Å². The van der Waals surface area contributed by atoms with Crippen LogP contribution in [0.2, 0.25) is 0 Å². The van der Waals surface area contributed by atoms with E-state index in [0.717, 1.165) is 18.7 Å². The molecule has 1 saturated heterocycles. The maximum absolute atomic E-state index is 5.80. The number of aromatic amines is 1. The highest BCUT2D eigenvalue weighted by Gasteiger charge is 2.23. The summed E-state index contributed by atoms with van der Waals surface area (Å²) >= 11 is 0. The average molecular weight is 209 g/mol. The molecule has 0 bridgehead atoms. The van der Waals surface area contributed by atoms with Crippen molar-refractivity contribution in [3.8, 4) is 0 Å². The van der Waals surface area contributed by atoms with Crippen LogP contribution < -0.4 is 5.32 Å². The van der Waals surface area contributed by atoms with Crippen LogP contribution in [0, 0.1) is 0 Å². The van der Waals surface area contributed by atoms with E-state index in [-0.39, 0.29) is 6.10 Å². The van der Waals surface area contributed by atoms with Crippen LogP contribution in [-0.2, 0) is 4.74 Å². The zero-order valence-corrected chi connectivity index (χ0v) is 9.36. The van der Waals surface area contributed by atoms with Crippen LogP contribution in [0.4, 0.5) is 0 Å². The number of ether oxygens (including phenoxy) is 1. The number of nitrogens with zero attached hydrogens (tertiary/aromatic N) is 1. The summed E-state index contributed by atoms with van der Waals surface area (Å²) in [7, 11) is 0. The number of nitrogens with one attached hydrogen (secondary N) is 2. The first-order valence-electron chi connectivity index (χ1n) is 5.61. The van der Waals surface area contributed by atoms with Crippen molar-refractivity contribution in [3.05, 3.63) is 18.2 Å². The molecule has 2 N–H and O–H groups in total. The minimum atomic E-state index is 0.206. The SMILES string of the molecule is CC(C)N[C@H]1CC[C@@H](c2cnc[nH]2)OC1. The van der Waals surface area contributed by atoms with Gasteiger partial charge in [0, 0.05) is 12.1 Å². The van der Waals surface area contributed by atoms with Gasteiger partial charge in [0.2, 0.25) is 0 Å². The molecule has 0 aromatic carbocycles. The highest BCUT2D eigenvalue weighted by atomic mass is 16.5. The Balaban J connectivity index is 1.82. The van der Waals surface area contributed by atoms with Gasteiger partial charge in [-0.3, -0.25) is 0 Å². The first-order valence-corrected chi connectivity index (χ1v) is 5.61. The molecule has 2 atom stereocenters. The third kappa shape index (κ3) is 2.79. The minimum absolute atomic E-state index is 0.206. The highest BCUT2D eigenvalue weighted by Crippen LogP contribution is 2.26. The quantitative estimate of drug-likeness (QED) is 0.795. The van der Waals surface area contributed by atoms with Gasteiger partial charge in [-0.2, -0.15) is 0 Å². The predicted molar refractivity (Wildman–Crippen MR) is 58.6 cm³/mol. The molecule has 1 aliphatic heterocycles.